The summed E-state index contributed by atoms with van der Waals surface area (Å²) in [5, 5.41) is 7.94. The van der Waals surface area contributed by atoms with Crippen molar-refractivity contribution in [3.63, 3.8) is 0 Å². The van der Waals surface area contributed by atoms with Crippen LogP contribution in [-0.2, 0) is 0 Å². The van der Waals surface area contributed by atoms with Crippen LogP contribution in [0.5, 0.6) is 0 Å². The zero-order valence-electron chi connectivity index (χ0n) is 11.7. The largest absolute Gasteiger partial charge is 0.345 e. The van der Waals surface area contributed by atoms with E-state index in [1.54, 1.807) is 12.5 Å². The van der Waals surface area contributed by atoms with Crippen LogP contribution in [-0.4, -0.2) is 20.2 Å². The Labute approximate surface area is 123 Å². The predicted octanol–water partition coefficient (Wildman–Crippen LogP) is 3.86. The first-order chi connectivity index (χ1) is 10.2. The molecule has 0 aliphatic rings. The van der Waals surface area contributed by atoms with Gasteiger partial charge in [-0.25, -0.2) is 4.98 Å². The number of allylic oxidation sites excluding steroid dienone is 2. The highest BCUT2D eigenvalue weighted by Gasteiger charge is 2.05. The highest BCUT2D eigenvalue weighted by Crippen LogP contribution is 2.25. The third kappa shape index (κ3) is 2.89. The number of nitrogens with zero attached hydrogens (tertiary/aromatic N) is 3. The molecule has 0 spiro atoms. The maximum atomic E-state index is 4.27. The number of aromatic nitrogens is 4. The average Bonchev–Trinajstić information content (AvgIpc) is 3.00. The fourth-order valence-corrected chi connectivity index (χ4v) is 2.22. The summed E-state index contributed by atoms with van der Waals surface area (Å²) in [6, 6.07) is 9.94. The van der Waals surface area contributed by atoms with Gasteiger partial charge in [0.15, 0.2) is 0 Å². The van der Waals surface area contributed by atoms with Crippen molar-refractivity contribution in [1.29, 1.82) is 0 Å². The Hall–Kier alpha value is -2.75. The summed E-state index contributed by atoms with van der Waals surface area (Å²) in [6.45, 7) is 8.24. The van der Waals surface area contributed by atoms with Crippen LogP contribution in [0.4, 0.5) is 0 Å². The molecule has 1 aromatic carbocycles. The first-order valence-corrected chi connectivity index (χ1v) is 6.81. The number of H-pyrrole nitrogens is 1. The van der Waals surface area contributed by atoms with Crippen LogP contribution in [0.3, 0.4) is 0 Å². The molecule has 0 amide bonds. The molecule has 0 aliphatic carbocycles. The van der Waals surface area contributed by atoms with E-state index in [4.69, 9.17) is 0 Å². The van der Waals surface area contributed by atoms with E-state index in [9.17, 15) is 0 Å². The van der Waals surface area contributed by atoms with E-state index in [2.05, 4.69) is 45.5 Å². The molecule has 2 heterocycles. The Morgan fingerprint density at radius 1 is 1.10 bits per heavy atom. The summed E-state index contributed by atoms with van der Waals surface area (Å²) in [5.41, 5.74) is 6.00. The van der Waals surface area contributed by atoms with Gasteiger partial charge >= 0.3 is 0 Å². The van der Waals surface area contributed by atoms with Gasteiger partial charge in [-0.2, -0.15) is 10.2 Å². The van der Waals surface area contributed by atoms with Gasteiger partial charge in [-0.3, -0.25) is 0 Å². The van der Waals surface area contributed by atoms with Gasteiger partial charge in [0, 0.05) is 6.20 Å². The molecule has 4 heteroatoms. The number of nitrogens with one attached hydrogen (secondary N) is 1. The van der Waals surface area contributed by atoms with E-state index < -0.39 is 0 Å². The summed E-state index contributed by atoms with van der Waals surface area (Å²) in [7, 11) is 0. The lowest BCUT2D eigenvalue weighted by Gasteiger charge is -2.07. The number of benzene rings is 1. The lowest BCUT2D eigenvalue weighted by atomic mass is 9.99. The van der Waals surface area contributed by atoms with Crippen molar-refractivity contribution in [3.8, 4) is 0 Å². The van der Waals surface area contributed by atoms with Crippen LogP contribution in [0.2, 0.25) is 0 Å². The maximum Gasteiger partial charge on any atom is 0.0931 e. The van der Waals surface area contributed by atoms with Crippen molar-refractivity contribution < 1.29 is 0 Å². The van der Waals surface area contributed by atoms with E-state index >= 15 is 0 Å². The Balaban J connectivity index is 1.67. The maximum absolute atomic E-state index is 4.27. The molecule has 0 aliphatic heterocycles. The van der Waals surface area contributed by atoms with Crippen LogP contribution in [0.1, 0.15) is 24.1 Å². The smallest absolute Gasteiger partial charge is 0.0931 e. The van der Waals surface area contributed by atoms with Crippen LogP contribution in [0.25, 0.3) is 22.2 Å². The second-order valence-corrected chi connectivity index (χ2v) is 4.95. The minimum absolute atomic E-state index is 0.816. The van der Waals surface area contributed by atoms with E-state index in [1.165, 1.54) is 0 Å². The molecule has 2 aromatic heterocycles. The van der Waals surface area contributed by atoms with Crippen molar-refractivity contribution in [1.82, 2.24) is 20.2 Å². The van der Waals surface area contributed by atoms with Crippen molar-refractivity contribution in [2.24, 2.45) is 0 Å². The second-order valence-electron chi connectivity index (χ2n) is 4.95. The Morgan fingerprint density at radius 2 is 1.95 bits per heavy atom. The molecule has 4 nitrogen and oxygen atoms in total. The third-order valence-corrected chi connectivity index (χ3v) is 3.49. The summed E-state index contributed by atoms with van der Waals surface area (Å²) in [5.74, 6) is 0. The number of aromatic amines is 1. The predicted molar refractivity (Wildman–Crippen MR) is 85.4 cm³/mol. The van der Waals surface area contributed by atoms with E-state index in [0.29, 0.717) is 0 Å². The van der Waals surface area contributed by atoms with Gasteiger partial charge in [-0.05, 0) is 53.8 Å². The van der Waals surface area contributed by atoms with Gasteiger partial charge in [-0.1, -0.05) is 19.2 Å². The minimum atomic E-state index is 0.816. The molecule has 104 valence electrons. The number of imidazole rings is 1. The highest BCUT2D eigenvalue weighted by atomic mass is 15.1. The molecule has 0 bridgehead atoms. The normalized spacial score (nSPS) is 10.7. The average molecular weight is 276 g/mol. The fourth-order valence-electron chi connectivity index (χ4n) is 2.22. The lowest BCUT2D eigenvalue weighted by molar-refractivity contribution is 0.984. The van der Waals surface area contributed by atoms with Crippen LogP contribution < -0.4 is 0 Å². The van der Waals surface area contributed by atoms with Gasteiger partial charge in [0.05, 0.1) is 23.1 Å². The second kappa shape index (κ2) is 5.71. The quantitative estimate of drug-likeness (QED) is 0.769. The Kier molecular flexibility index (Phi) is 3.60. The van der Waals surface area contributed by atoms with Crippen molar-refractivity contribution in [2.45, 2.75) is 12.8 Å². The summed E-state index contributed by atoms with van der Waals surface area (Å²) < 4.78 is 0. The molecule has 3 aromatic rings. The van der Waals surface area contributed by atoms with Gasteiger partial charge in [0.2, 0.25) is 0 Å². The molecular formula is C17H16N4. The number of fused-ring (bicyclic) bond motifs is 1. The molecule has 0 atom stereocenters. The fraction of sp³-hybridized carbons (Fsp3) is 0.118. The Morgan fingerprint density at radius 3 is 2.76 bits per heavy atom. The summed E-state index contributed by atoms with van der Waals surface area (Å²) in [4.78, 5) is 7.36. The third-order valence-electron chi connectivity index (χ3n) is 3.49. The molecule has 0 saturated carbocycles. The van der Waals surface area contributed by atoms with Crippen LogP contribution in [0.15, 0.2) is 56.0 Å². The van der Waals surface area contributed by atoms with Crippen molar-refractivity contribution in [2.75, 3.05) is 0 Å². The van der Waals surface area contributed by atoms with E-state index in [1.807, 2.05) is 18.2 Å². The topological polar surface area (TPSA) is 54.5 Å². The zero-order chi connectivity index (χ0) is 14.7. The van der Waals surface area contributed by atoms with E-state index in [-0.39, 0.29) is 0 Å². The molecule has 0 saturated heterocycles. The SMILES string of the molecule is C=C(CCC(=C)c1cccnn1)c1ccc2[nH]cnc2c1. The first-order valence-electron chi connectivity index (χ1n) is 6.81. The summed E-state index contributed by atoms with van der Waals surface area (Å²) >= 11 is 0. The first kappa shape index (κ1) is 13.2. The molecule has 1 N–H and O–H groups in total. The highest BCUT2D eigenvalue weighted by molar-refractivity contribution is 5.80. The van der Waals surface area contributed by atoms with Crippen LogP contribution >= 0.6 is 0 Å². The molecular weight excluding hydrogens is 260 g/mol. The molecule has 0 unspecified atom stereocenters. The monoisotopic (exact) mass is 276 g/mol. The molecule has 21 heavy (non-hydrogen) atoms. The number of hydrogen-bond acceptors (Lipinski definition) is 3. The zero-order valence-corrected chi connectivity index (χ0v) is 11.7. The van der Waals surface area contributed by atoms with E-state index in [0.717, 1.165) is 46.3 Å². The molecule has 0 radical (unpaired) electrons. The van der Waals surface area contributed by atoms with Crippen LogP contribution in [0, 0.1) is 0 Å². The van der Waals surface area contributed by atoms with Gasteiger partial charge < -0.3 is 4.98 Å². The number of rotatable bonds is 5. The van der Waals surface area contributed by atoms with Crippen molar-refractivity contribution in [3.05, 3.63) is 67.3 Å². The standard InChI is InChI=1S/C17H16N4/c1-12(5-6-13(2)15-4-3-9-20-21-15)14-7-8-16-17(10-14)19-11-18-16/h3-4,7-11H,1-2,5-6H2,(H,18,19). The summed E-state index contributed by atoms with van der Waals surface area (Å²) in [6.07, 6.45) is 5.02. The number of hydrogen-bond donors (Lipinski definition) is 1. The van der Waals surface area contributed by atoms with Crippen molar-refractivity contribution >= 4 is 22.2 Å². The molecule has 3 rings (SSSR count). The minimum Gasteiger partial charge on any atom is -0.345 e. The molecule has 0 fully saturated rings. The van der Waals surface area contributed by atoms with Gasteiger partial charge in [0.1, 0.15) is 0 Å². The van der Waals surface area contributed by atoms with Gasteiger partial charge in [0.25, 0.3) is 0 Å². The van der Waals surface area contributed by atoms with Gasteiger partial charge in [-0.15, -0.1) is 0 Å². The Bertz CT molecular complexity index is 787. The lowest BCUT2D eigenvalue weighted by Crippen LogP contribution is -1.91.